The number of sulfonamides is 1. The van der Waals surface area contributed by atoms with Gasteiger partial charge in [-0.3, -0.25) is 9.59 Å². The molecule has 0 saturated carbocycles. The Morgan fingerprint density at radius 1 is 1.16 bits per heavy atom. The molecule has 2 aromatic rings. The van der Waals surface area contributed by atoms with Gasteiger partial charge in [-0.2, -0.15) is 4.31 Å². The molecule has 1 saturated heterocycles. The number of carbonyl (C=O) groups is 2. The molecule has 2 aromatic carbocycles. The van der Waals surface area contributed by atoms with Gasteiger partial charge in [-0.15, -0.1) is 0 Å². The molecule has 1 N–H and O–H groups in total. The molecule has 2 amide bonds. The van der Waals surface area contributed by atoms with Gasteiger partial charge in [-0.25, -0.2) is 8.42 Å². The summed E-state index contributed by atoms with van der Waals surface area (Å²) in [7, 11) is -3.75. The smallest absolute Gasteiger partial charge is 0.243 e. The summed E-state index contributed by atoms with van der Waals surface area (Å²) in [6.45, 7) is 6.70. The summed E-state index contributed by atoms with van der Waals surface area (Å²) in [6.07, 6.45) is 1.11. The highest BCUT2D eigenvalue weighted by Gasteiger charge is 2.39. The van der Waals surface area contributed by atoms with Gasteiger partial charge in [0, 0.05) is 32.2 Å². The fourth-order valence-electron chi connectivity index (χ4n) is 3.77. The molecule has 1 fully saturated rings. The molecule has 3 rings (SSSR count). The van der Waals surface area contributed by atoms with Crippen molar-refractivity contribution in [2.24, 2.45) is 0 Å². The molecular weight excluding hydrogens is 414 g/mol. The SMILES string of the molecule is CCN(Cc1cccc(NC(=O)[C@@H]2CCCN2S(=O)(=O)c2ccc(C)cc2)c1)C(C)=O. The molecule has 0 unspecified atom stereocenters. The van der Waals surface area contributed by atoms with E-state index in [1.165, 1.54) is 11.2 Å². The number of nitrogens with zero attached hydrogens (tertiary/aromatic N) is 2. The van der Waals surface area contributed by atoms with Crippen LogP contribution >= 0.6 is 0 Å². The van der Waals surface area contributed by atoms with Gasteiger partial charge in [-0.05, 0) is 56.5 Å². The topological polar surface area (TPSA) is 86.8 Å². The Labute approximate surface area is 184 Å². The first-order valence-electron chi connectivity index (χ1n) is 10.5. The minimum absolute atomic E-state index is 0.0140. The van der Waals surface area contributed by atoms with Crippen molar-refractivity contribution in [1.82, 2.24) is 9.21 Å². The average molecular weight is 444 g/mol. The van der Waals surface area contributed by atoms with Crippen LogP contribution in [0.3, 0.4) is 0 Å². The Balaban J connectivity index is 1.75. The summed E-state index contributed by atoms with van der Waals surface area (Å²) in [5, 5.41) is 2.86. The van der Waals surface area contributed by atoms with E-state index in [1.54, 1.807) is 35.2 Å². The number of carbonyl (C=O) groups excluding carboxylic acids is 2. The summed E-state index contributed by atoms with van der Waals surface area (Å²) in [4.78, 5) is 26.5. The molecule has 0 bridgehead atoms. The van der Waals surface area contributed by atoms with E-state index in [-0.39, 0.29) is 16.7 Å². The zero-order chi connectivity index (χ0) is 22.6. The molecule has 31 heavy (non-hydrogen) atoms. The molecule has 1 aliphatic rings. The maximum atomic E-state index is 13.1. The van der Waals surface area contributed by atoms with Crippen LogP contribution in [0.15, 0.2) is 53.4 Å². The third-order valence-electron chi connectivity index (χ3n) is 5.53. The zero-order valence-corrected chi connectivity index (χ0v) is 19.0. The van der Waals surface area contributed by atoms with Crippen LogP contribution in [0.2, 0.25) is 0 Å². The number of aryl methyl sites for hydroxylation is 1. The summed E-state index contributed by atoms with van der Waals surface area (Å²) < 4.78 is 27.5. The van der Waals surface area contributed by atoms with Gasteiger partial charge in [0.25, 0.3) is 0 Å². The van der Waals surface area contributed by atoms with Gasteiger partial charge < -0.3 is 10.2 Å². The molecule has 8 heteroatoms. The molecular formula is C23H29N3O4S. The van der Waals surface area contributed by atoms with E-state index in [0.717, 1.165) is 11.1 Å². The number of anilines is 1. The Kier molecular flexibility index (Phi) is 7.12. The van der Waals surface area contributed by atoms with Crippen LogP contribution in [-0.4, -0.2) is 48.6 Å². The molecule has 166 valence electrons. The highest BCUT2D eigenvalue weighted by atomic mass is 32.2. The Morgan fingerprint density at radius 3 is 2.52 bits per heavy atom. The molecule has 1 atom stereocenters. The summed E-state index contributed by atoms with van der Waals surface area (Å²) in [6, 6.07) is 13.2. The quantitative estimate of drug-likeness (QED) is 0.712. The molecule has 0 aliphatic carbocycles. The second-order valence-electron chi connectivity index (χ2n) is 7.81. The summed E-state index contributed by atoms with van der Waals surface area (Å²) >= 11 is 0. The van der Waals surface area contributed by atoms with E-state index < -0.39 is 16.1 Å². The van der Waals surface area contributed by atoms with Crippen LogP contribution in [0.5, 0.6) is 0 Å². The van der Waals surface area contributed by atoms with Gasteiger partial charge in [0.2, 0.25) is 21.8 Å². The monoisotopic (exact) mass is 443 g/mol. The molecule has 1 heterocycles. The lowest BCUT2D eigenvalue weighted by Crippen LogP contribution is -2.43. The van der Waals surface area contributed by atoms with Gasteiger partial charge in [0.15, 0.2) is 0 Å². The predicted molar refractivity (Wildman–Crippen MR) is 120 cm³/mol. The van der Waals surface area contributed by atoms with Crippen molar-refractivity contribution in [3.05, 3.63) is 59.7 Å². The molecule has 0 aromatic heterocycles. The van der Waals surface area contributed by atoms with Gasteiger partial charge in [-0.1, -0.05) is 29.8 Å². The average Bonchev–Trinajstić information content (AvgIpc) is 3.23. The lowest BCUT2D eigenvalue weighted by atomic mass is 10.1. The standard InChI is InChI=1S/C23H29N3O4S/c1-4-25(18(3)27)16-19-7-5-8-20(15-19)24-23(28)22-9-6-14-26(22)31(29,30)21-12-10-17(2)11-13-21/h5,7-8,10-13,15,22H,4,6,9,14,16H2,1-3H3,(H,24,28)/t22-/m0/s1. The van der Waals surface area contributed by atoms with E-state index in [4.69, 9.17) is 0 Å². The van der Waals surface area contributed by atoms with Crippen LogP contribution in [-0.2, 0) is 26.2 Å². The Morgan fingerprint density at radius 2 is 1.87 bits per heavy atom. The lowest BCUT2D eigenvalue weighted by Gasteiger charge is -2.24. The summed E-state index contributed by atoms with van der Waals surface area (Å²) in [5.74, 6) is -0.357. The third kappa shape index (κ3) is 5.32. The van der Waals surface area contributed by atoms with Crippen LogP contribution in [0.4, 0.5) is 5.69 Å². The van der Waals surface area contributed by atoms with Crippen molar-refractivity contribution < 1.29 is 18.0 Å². The number of hydrogen-bond donors (Lipinski definition) is 1. The van der Waals surface area contributed by atoms with Crippen molar-refractivity contribution in [2.75, 3.05) is 18.4 Å². The van der Waals surface area contributed by atoms with E-state index in [2.05, 4.69) is 5.32 Å². The minimum Gasteiger partial charge on any atom is -0.339 e. The van der Waals surface area contributed by atoms with Crippen LogP contribution in [0.1, 0.15) is 37.8 Å². The first-order chi connectivity index (χ1) is 14.7. The Bertz CT molecular complexity index is 1050. The van der Waals surface area contributed by atoms with E-state index in [0.29, 0.717) is 38.2 Å². The highest BCUT2D eigenvalue weighted by Crippen LogP contribution is 2.27. The number of rotatable bonds is 7. The number of nitrogens with one attached hydrogen (secondary N) is 1. The number of hydrogen-bond acceptors (Lipinski definition) is 4. The lowest BCUT2D eigenvalue weighted by molar-refractivity contribution is -0.129. The maximum absolute atomic E-state index is 13.1. The van der Waals surface area contributed by atoms with Crippen molar-refractivity contribution in [3.8, 4) is 0 Å². The third-order valence-corrected chi connectivity index (χ3v) is 7.45. The largest absolute Gasteiger partial charge is 0.339 e. The first kappa shape index (κ1) is 23.0. The normalized spacial score (nSPS) is 16.8. The second kappa shape index (κ2) is 9.62. The summed E-state index contributed by atoms with van der Waals surface area (Å²) in [5.41, 5.74) is 2.45. The van der Waals surface area contributed by atoms with E-state index >= 15 is 0 Å². The molecule has 0 spiro atoms. The number of amides is 2. The van der Waals surface area contributed by atoms with Gasteiger partial charge >= 0.3 is 0 Å². The zero-order valence-electron chi connectivity index (χ0n) is 18.2. The molecule has 1 aliphatic heterocycles. The van der Waals surface area contributed by atoms with E-state index in [9.17, 15) is 18.0 Å². The second-order valence-corrected chi connectivity index (χ2v) is 9.70. The van der Waals surface area contributed by atoms with Crippen molar-refractivity contribution in [3.63, 3.8) is 0 Å². The fourth-order valence-corrected chi connectivity index (χ4v) is 5.43. The predicted octanol–water partition coefficient (Wildman–Crippen LogP) is 3.16. The Hall–Kier alpha value is -2.71. The first-order valence-corrected chi connectivity index (χ1v) is 11.9. The van der Waals surface area contributed by atoms with Gasteiger partial charge in [0.1, 0.15) is 6.04 Å². The van der Waals surface area contributed by atoms with E-state index in [1.807, 2.05) is 32.0 Å². The van der Waals surface area contributed by atoms with Crippen molar-refractivity contribution in [1.29, 1.82) is 0 Å². The van der Waals surface area contributed by atoms with Gasteiger partial charge in [0.05, 0.1) is 4.90 Å². The van der Waals surface area contributed by atoms with Crippen molar-refractivity contribution in [2.45, 2.75) is 51.1 Å². The highest BCUT2D eigenvalue weighted by molar-refractivity contribution is 7.89. The molecule has 0 radical (unpaired) electrons. The van der Waals surface area contributed by atoms with Crippen LogP contribution in [0, 0.1) is 6.92 Å². The maximum Gasteiger partial charge on any atom is 0.243 e. The molecule has 7 nitrogen and oxygen atoms in total. The fraction of sp³-hybridized carbons (Fsp3) is 0.391. The van der Waals surface area contributed by atoms with Crippen LogP contribution < -0.4 is 5.32 Å². The van der Waals surface area contributed by atoms with Crippen molar-refractivity contribution >= 4 is 27.5 Å². The minimum atomic E-state index is -3.75. The van der Waals surface area contributed by atoms with Crippen LogP contribution in [0.25, 0.3) is 0 Å². The number of benzene rings is 2.